The molecule has 2 aromatic carbocycles. The first kappa shape index (κ1) is 23.8. The molecule has 0 saturated carbocycles. The predicted molar refractivity (Wildman–Crippen MR) is 139 cm³/mol. The zero-order valence-electron chi connectivity index (χ0n) is 20.2. The second-order valence-corrected chi connectivity index (χ2v) is 9.12. The molecule has 1 aliphatic heterocycles. The van der Waals surface area contributed by atoms with Crippen LogP contribution in [0.1, 0.15) is 28.4 Å². The number of aromatic nitrogens is 2. The van der Waals surface area contributed by atoms with Crippen molar-refractivity contribution in [3.8, 4) is 5.75 Å². The third kappa shape index (κ3) is 4.75. The van der Waals surface area contributed by atoms with Gasteiger partial charge in [0, 0.05) is 44.3 Å². The molecule has 1 fully saturated rings. The van der Waals surface area contributed by atoms with E-state index in [1.165, 1.54) is 6.07 Å². The molecule has 184 valence electrons. The van der Waals surface area contributed by atoms with Crippen LogP contribution in [0.15, 0.2) is 90.0 Å². The van der Waals surface area contributed by atoms with Gasteiger partial charge in [0.2, 0.25) is 0 Å². The van der Waals surface area contributed by atoms with E-state index in [4.69, 9.17) is 0 Å². The summed E-state index contributed by atoms with van der Waals surface area (Å²) < 4.78 is 16.1. The molecule has 5 rings (SSSR count). The zero-order chi connectivity index (χ0) is 25.1. The topological polar surface area (TPSA) is 61.6 Å². The van der Waals surface area contributed by atoms with Gasteiger partial charge in [-0.3, -0.25) is 14.7 Å². The normalized spacial score (nSPS) is 15.1. The number of anilines is 1. The lowest BCUT2D eigenvalue weighted by atomic mass is 9.96. The Labute approximate surface area is 209 Å². The summed E-state index contributed by atoms with van der Waals surface area (Å²) in [6.45, 7) is 4.67. The van der Waals surface area contributed by atoms with Gasteiger partial charge in [-0.15, -0.1) is 0 Å². The van der Waals surface area contributed by atoms with E-state index in [1.54, 1.807) is 35.2 Å². The van der Waals surface area contributed by atoms with Gasteiger partial charge in [0.15, 0.2) is 0 Å². The van der Waals surface area contributed by atoms with Gasteiger partial charge in [0.05, 0.1) is 23.8 Å². The average molecular weight is 485 g/mol. The minimum atomic E-state index is -0.453. The van der Waals surface area contributed by atoms with Gasteiger partial charge < -0.3 is 14.6 Å². The molecule has 6 nitrogen and oxygen atoms in total. The van der Waals surface area contributed by atoms with Crippen molar-refractivity contribution < 1.29 is 9.50 Å². The molecule has 0 aliphatic carbocycles. The Morgan fingerprint density at radius 1 is 0.944 bits per heavy atom. The maximum Gasteiger partial charge on any atom is 0.259 e. The van der Waals surface area contributed by atoms with Crippen LogP contribution in [0.5, 0.6) is 5.75 Å². The van der Waals surface area contributed by atoms with Gasteiger partial charge in [0.1, 0.15) is 11.6 Å². The van der Waals surface area contributed by atoms with Gasteiger partial charge >= 0.3 is 0 Å². The second-order valence-electron chi connectivity index (χ2n) is 9.12. The number of hydrogen-bond donors (Lipinski definition) is 1. The lowest BCUT2D eigenvalue weighted by Crippen LogP contribution is -2.49. The fourth-order valence-electron chi connectivity index (χ4n) is 5.02. The molecule has 0 spiro atoms. The van der Waals surface area contributed by atoms with Crippen LogP contribution >= 0.6 is 0 Å². The maximum atomic E-state index is 14.4. The molecular formula is C29H29FN4O2. The number of aromatic hydroxyl groups is 1. The van der Waals surface area contributed by atoms with E-state index in [9.17, 15) is 14.3 Å². The highest BCUT2D eigenvalue weighted by Gasteiger charge is 2.32. The highest BCUT2D eigenvalue weighted by atomic mass is 19.1. The first-order chi connectivity index (χ1) is 17.5. The van der Waals surface area contributed by atoms with Crippen LogP contribution in [0.4, 0.5) is 10.1 Å². The number of halogens is 1. The monoisotopic (exact) mass is 484 g/mol. The Kier molecular flexibility index (Phi) is 6.82. The largest absolute Gasteiger partial charge is 0.507 e. The zero-order valence-corrected chi connectivity index (χ0v) is 20.2. The number of pyridine rings is 2. The highest BCUT2D eigenvalue weighted by Crippen LogP contribution is 2.34. The van der Waals surface area contributed by atoms with Gasteiger partial charge in [-0.25, -0.2) is 4.39 Å². The van der Waals surface area contributed by atoms with E-state index in [1.807, 2.05) is 60.4 Å². The number of benzene rings is 2. The molecular weight excluding hydrogens is 455 g/mol. The van der Waals surface area contributed by atoms with Crippen molar-refractivity contribution in [1.82, 2.24) is 14.5 Å². The van der Waals surface area contributed by atoms with E-state index in [2.05, 4.69) is 9.88 Å². The van der Waals surface area contributed by atoms with E-state index < -0.39 is 6.04 Å². The first-order valence-electron chi connectivity index (χ1n) is 12.1. The van der Waals surface area contributed by atoms with Crippen LogP contribution in [0.2, 0.25) is 0 Å². The molecule has 3 heterocycles. The summed E-state index contributed by atoms with van der Waals surface area (Å²) in [5.74, 6) is -0.253. The lowest BCUT2D eigenvalue weighted by Gasteiger charge is -2.40. The van der Waals surface area contributed by atoms with Gasteiger partial charge in [-0.05, 0) is 48.4 Å². The summed E-state index contributed by atoms with van der Waals surface area (Å²) in [6, 6.07) is 21.6. The summed E-state index contributed by atoms with van der Waals surface area (Å²) in [7, 11) is 0. The van der Waals surface area contributed by atoms with Crippen molar-refractivity contribution in [1.29, 1.82) is 0 Å². The highest BCUT2D eigenvalue weighted by molar-refractivity contribution is 5.48. The van der Waals surface area contributed by atoms with E-state index >= 15 is 0 Å². The molecule has 0 bridgehead atoms. The van der Waals surface area contributed by atoms with Crippen molar-refractivity contribution in [3.63, 3.8) is 0 Å². The Hall–Kier alpha value is -3.97. The van der Waals surface area contributed by atoms with E-state index in [-0.39, 0.29) is 17.1 Å². The van der Waals surface area contributed by atoms with Crippen LogP contribution in [-0.2, 0) is 6.54 Å². The second kappa shape index (κ2) is 10.3. The molecule has 0 amide bonds. The number of aryl methyl sites for hydroxylation is 1. The number of para-hydroxylation sites is 1. The van der Waals surface area contributed by atoms with Gasteiger partial charge in [0.25, 0.3) is 5.56 Å². The van der Waals surface area contributed by atoms with Crippen LogP contribution < -0.4 is 10.5 Å². The quantitative estimate of drug-likeness (QED) is 0.441. The molecule has 36 heavy (non-hydrogen) atoms. The van der Waals surface area contributed by atoms with E-state index in [0.717, 1.165) is 11.1 Å². The molecule has 4 aromatic rings. The maximum absolute atomic E-state index is 14.4. The predicted octanol–water partition coefficient (Wildman–Crippen LogP) is 4.36. The van der Waals surface area contributed by atoms with Gasteiger partial charge in [-0.2, -0.15) is 0 Å². The molecule has 1 aliphatic rings. The van der Waals surface area contributed by atoms with Crippen molar-refractivity contribution in [2.75, 3.05) is 31.1 Å². The molecule has 1 saturated heterocycles. The van der Waals surface area contributed by atoms with Crippen LogP contribution in [0.25, 0.3) is 0 Å². The Balaban J connectivity index is 1.52. The Morgan fingerprint density at radius 3 is 2.31 bits per heavy atom. The molecule has 7 heteroatoms. The molecule has 1 atom stereocenters. The van der Waals surface area contributed by atoms with Crippen molar-refractivity contribution >= 4 is 5.69 Å². The fourth-order valence-corrected chi connectivity index (χ4v) is 5.02. The molecule has 2 aromatic heterocycles. The van der Waals surface area contributed by atoms with Crippen LogP contribution in [0.3, 0.4) is 0 Å². The van der Waals surface area contributed by atoms with E-state index in [0.29, 0.717) is 49.7 Å². The molecule has 1 N–H and O–H groups in total. The van der Waals surface area contributed by atoms with Crippen molar-refractivity contribution in [2.24, 2.45) is 0 Å². The summed E-state index contributed by atoms with van der Waals surface area (Å²) in [4.78, 5) is 22.3. The Morgan fingerprint density at radius 2 is 1.61 bits per heavy atom. The van der Waals surface area contributed by atoms with Crippen LogP contribution in [0, 0.1) is 12.7 Å². The summed E-state index contributed by atoms with van der Waals surface area (Å²) >= 11 is 0. The standard InChI is InChI=1S/C29H29FN4O2/c1-21-19-26(35)27(29(36)34(21)20-22-7-3-2-4-8-22)28(23-11-13-31-14-12-23)33-17-15-32(16-18-33)25-10-6-5-9-24(25)30/h2-14,19,28,35H,15-18,20H2,1H3/t28-/m0/s1. The number of rotatable bonds is 6. The minimum Gasteiger partial charge on any atom is -0.507 e. The number of hydrogen-bond acceptors (Lipinski definition) is 5. The van der Waals surface area contributed by atoms with Crippen LogP contribution in [-0.4, -0.2) is 45.7 Å². The van der Waals surface area contributed by atoms with Crippen molar-refractivity contribution in [2.45, 2.75) is 19.5 Å². The smallest absolute Gasteiger partial charge is 0.259 e. The fraction of sp³-hybridized carbons (Fsp3) is 0.241. The number of piperazine rings is 1. The SMILES string of the molecule is Cc1cc(O)c([C@H](c2ccncc2)N2CCN(c3ccccc3F)CC2)c(=O)n1Cc1ccccc1. The summed E-state index contributed by atoms with van der Waals surface area (Å²) in [6.07, 6.45) is 3.40. The lowest BCUT2D eigenvalue weighted by molar-refractivity contribution is 0.207. The Bertz CT molecular complexity index is 1380. The van der Waals surface area contributed by atoms with Gasteiger partial charge in [-0.1, -0.05) is 42.5 Å². The minimum absolute atomic E-state index is 0.0137. The molecule has 0 radical (unpaired) electrons. The summed E-state index contributed by atoms with van der Waals surface area (Å²) in [5.41, 5.74) is 3.31. The average Bonchev–Trinajstić information content (AvgIpc) is 2.90. The number of nitrogens with zero attached hydrogens (tertiary/aromatic N) is 4. The first-order valence-corrected chi connectivity index (χ1v) is 12.1. The molecule has 0 unspecified atom stereocenters. The summed E-state index contributed by atoms with van der Waals surface area (Å²) in [5, 5.41) is 11.1. The van der Waals surface area contributed by atoms with Crippen molar-refractivity contribution in [3.05, 3.63) is 124 Å². The third-order valence-corrected chi connectivity index (χ3v) is 6.87. The third-order valence-electron chi connectivity index (χ3n) is 6.87.